The third-order valence-corrected chi connectivity index (χ3v) is 5.07. The molecule has 0 radical (unpaired) electrons. The summed E-state index contributed by atoms with van der Waals surface area (Å²) in [5.74, 6) is 0. The number of alkyl halides is 1. The molecular formula is C7H5Br2Cl2NO2S. The van der Waals surface area contributed by atoms with Gasteiger partial charge < -0.3 is 0 Å². The Hall–Kier alpha value is 0.510. The first-order valence-electron chi connectivity index (χ1n) is 3.57. The molecule has 8 heteroatoms. The molecule has 0 aromatic heterocycles. The first-order valence-corrected chi connectivity index (χ1v) is 7.89. The first kappa shape index (κ1) is 13.6. The van der Waals surface area contributed by atoms with Gasteiger partial charge in [0.05, 0.1) is 15.7 Å². The first-order chi connectivity index (χ1) is 6.85. The Kier molecular flexibility index (Phi) is 4.73. The Balaban J connectivity index is 3.17. The van der Waals surface area contributed by atoms with Gasteiger partial charge in [-0.05, 0) is 12.1 Å². The Labute approximate surface area is 114 Å². The summed E-state index contributed by atoms with van der Waals surface area (Å²) in [6, 6.07) is 3.11. The van der Waals surface area contributed by atoms with Crippen LogP contribution in [-0.2, 0) is 10.0 Å². The van der Waals surface area contributed by atoms with Crippen molar-refractivity contribution in [3.05, 3.63) is 26.7 Å². The van der Waals surface area contributed by atoms with Crippen LogP contribution in [0.2, 0.25) is 10.0 Å². The highest BCUT2D eigenvalue weighted by Crippen LogP contribution is 2.34. The zero-order valence-corrected chi connectivity index (χ0v) is 12.6. The molecule has 0 unspecified atom stereocenters. The van der Waals surface area contributed by atoms with Crippen LogP contribution in [0.25, 0.3) is 0 Å². The molecular weight excluding hydrogens is 393 g/mol. The molecule has 1 N–H and O–H groups in total. The quantitative estimate of drug-likeness (QED) is 0.787. The average molecular weight is 398 g/mol. The van der Waals surface area contributed by atoms with Crippen LogP contribution in [0, 0.1) is 0 Å². The van der Waals surface area contributed by atoms with E-state index in [-0.39, 0.29) is 20.4 Å². The lowest BCUT2D eigenvalue weighted by molar-refractivity contribution is 0.606. The van der Waals surface area contributed by atoms with Gasteiger partial charge in [0, 0.05) is 4.47 Å². The third kappa shape index (κ3) is 3.78. The topological polar surface area (TPSA) is 46.2 Å². The van der Waals surface area contributed by atoms with Crippen molar-refractivity contribution in [1.29, 1.82) is 0 Å². The minimum Gasteiger partial charge on any atom is -0.280 e. The molecule has 0 heterocycles. The summed E-state index contributed by atoms with van der Waals surface area (Å²) in [4.78, 5) is 0. The van der Waals surface area contributed by atoms with E-state index in [1.54, 1.807) is 12.1 Å². The number of benzene rings is 1. The summed E-state index contributed by atoms with van der Waals surface area (Å²) in [6.45, 7) is 0. The van der Waals surface area contributed by atoms with Crippen LogP contribution in [0.4, 0.5) is 5.69 Å². The second-order valence-corrected chi connectivity index (χ2v) is 7.33. The maximum absolute atomic E-state index is 11.3. The van der Waals surface area contributed by atoms with Crippen LogP contribution in [0.5, 0.6) is 0 Å². The Morgan fingerprint density at radius 1 is 1.27 bits per heavy atom. The highest BCUT2D eigenvalue weighted by atomic mass is 79.9. The van der Waals surface area contributed by atoms with Gasteiger partial charge in [-0.15, -0.1) is 0 Å². The molecule has 0 spiro atoms. The van der Waals surface area contributed by atoms with Crippen molar-refractivity contribution >= 4 is 70.8 Å². The molecule has 1 aromatic rings. The smallest absolute Gasteiger partial charge is 0.242 e. The zero-order valence-electron chi connectivity index (χ0n) is 7.10. The van der Waals surface area contributed by atoms with Crippen LogP contribution < -0.4 is 4.72 Å². The van der Waals surface area contributed by atoms with Gasteiger partial charge in [-0.25, -0.2) is 8.42 Å². The number of hydrogen-bond donors (Lipinski definition) is 1. The van der Waals surface area contributed by atoms with Crippen molar-refractivity contribution in [1.82, 2.24) is 0 Å². The van der Waals surface area contributed by atoms with Crippen LogP contribution in [0.15, 0.2) is 16.6 Å². The van der Waals surface area contributed by atoms with Crippen LogP contribution in [-0.4, -0.2) is 13.1 Å². The molecule has 15 heavy (non-hydrogen) atoms. The van der Waals surface area contributed by atoms with Gasteiger partial charge in [0.1, 0.15) is 4.66 Å². The molecule has 0 fully saturated rings. The number of anilines is 1. The molecule has 0 atom stereocenters. The minimum atomic E-state index is -3.45. The fourth-order valence-corrected chi connectivity index (χ4v) is 3.17. The molecule has 0 amide bonds. The second kappa shape index (κ2) is 5.23. The minimum absolute atomic E-state index is 0.181. The van der Waals surface area contributed by atoms with E-state index in [1.165, 1.54) is 0 Å². The van der Waals surface area contributed by atoms with E-state index in [0.717, 1.165) is 0 Å². The summed E-state index contributed by atoms with van der Waals surface area (Å²) in [6.07, 6.45) is 0. The molecule has 1 aromatic carbocycles. The lowest BCUT2D eigenvalue weighted by atomic mass is 10.3. The van der Waals surface area contributed by atoms with Crippen LogP contribution >= 0.6 is 55.1 Å². The highest BCUT2D eigenvalue weighted by molar-refractivity contribution is 9.11. The lowest BCUT2D eigenvalue weighted by Gasteiger charge is -2.09. The van der Waals surface area contributed by atoms with Crippen molar-refractivity contribution in [2.45, 2.75) is 0 Å². The molecule has 0 aliphatic carbocycles. The molecule has 0 saturated heterocycles. The fraction of sp³-hybridized carbons (Fsp3) is 0.143. The van der Waals surface area contributed by atoms with Crippen molar-refractivity contribution in [2.75, 3.05) is 9.38 Å². The zero-order chi connectivity index (χ0) is 11.6. The van der Waals surface area contributed by atoms with Crippen LogP contribution in [0.3, 0.4) is 0 Å². The molecule has 0 aliphatic rings. The van der Waals surface area contributed by atoms with Gasteiger partial charge in [0.25, 0.3) is 0 Å². The summed E-state index contributed by atoms with van der Waals surface area (Å²) in [5.41, 5.74) is 0.181. The summed E-state index contributed by atoms with van der Waals surface area (Å²) < 4.78 is 25.3. The molecule has 0 aliphatic heterocycles. The van der Waals surface area contributed by atoms with Gasteiger partial charge in [-0.1, -0.05) is 55.1 Å². The summed E-state index contributed by atoms with van der Waals surface area (Å²) in [5, 5.41) is 0.470. The second-order valence-electron chi connectivity index (χ2n) is 2.57. The Bertz CT molecular complexity index is 455. The van der Waals surface area contributed by atoms with E-state index in [9.17, 15) is 8.42 Å². The van der Waals surface area contributed by atoms with Crippen LogP contribution in [0.1, 0.15) is 0 Å². The predicted molar refractivity (Wildman–Crippen MR) is 70.5 cm³/mol. The van der Waals surface area contributed by atoms with Gasteiger partial charge in [0.15, 0.2) is 0 Å². The molecule has 1 rings (SSSR count). The maximum atomic E-state index is 11.3. The highest BCUT2D eigenvalue weighted by Gasteiger charge is 2.14. The normalized spacial score (nSPS) is 11.5. The predicted octanol–water partition coefficient (Wildman–Crippen LogP) is 3.85. The van der Waals surface area contributed by atoms with Crippen molar-refractivity contribution in [3.8, 4) is 0 Å². The standard InChI is InChI=1S/C7H5Br2Cl2NO2S/c8-3-15(13,14)12-7-5(10)1-4(9)2-6(7)11/h1-2,12H,3H2. The van der Waals surface area contributed by atoms with Gasteiger partial charge in [-0.2, -0.15) is 0 Å². The van der Waals surface area contributed by atoms with Crippen molar-refractivity contribution in [3.63, 3.8) is 0 Å². The van der Waals surface area contributed by atoms with E-state index in [2.05, 4.69) is 36.6 Å². The van der Waals surface area contributed by atoms with Crippen molar-refractivity contribution in [2.24, 2.45) is 0 Å². The molecule has 84 valence electrons. The Morgan fingerprint density at radius 2 is 1.73 bits per heavy atom. The number of rotatable bonds is 3. The average Bonchev–Trinajstić information content (AvgIpc) is 2.11. The maximum Gasteiger partial charge on any atom is 0.242 e. The van der Waals surface area contributed by atoms with E-state index < -0.39 is 10.0 Å². The van der Waals surface area contributed by atoms with E-state index in [4.69, 9.17) is 23.2 Å². The third-order valence-electron chi connectivity index (χ3n) is 1.41. The molecule has 0 bridgehead atoms. The monoisotopic (exact) mass is 395 g/mol. The largest absolute Gasteiger partial charge is 0.280 e. The number of sulfonamides is 1. The van der Waals surface area contributed by atoms with E-state index >= 15 is 0 Å². The number of hydrogen-bond acceptors (Lipinski definition) is 2. The van der Waals surface area contributed by atoms with E-state index in [1.807, 2.05) is 0 Å². The number of nitrogens with one attached hydrogen (secondary N) is 1. The Morgan fingerprint density at radius 3 is 2.13 bits per heavy atom. The SMILES string of the molecule is O=S(=O)(CBr)Nc1c(Cl)cc(Br)cc1Cl. The van der Waals surface area contributed by atoms with E-state index in [0.29, 0.717) is 4.47 Å². The summed E-state index contributed by atoms with van der Waals surface area (Å²) >= 11 is 17.7. The van der Waals surface area contributed by atoms with Gasteiger partial charge in [0.2, 0.25) is 10.0 Å². The molecule has 0 saturated carbocycles. The van der Waals surface area contributed by atoms with Gasteiger partial charge >= 0.3 is 0 Å². The van der Waals surface area contributed by atoms with Gasteiger partial charge in [-0.3, -0.25) is 4.72 Å². The molecule has 3 nitrogen and oxygen atoms in total. The summed E-state index contributed by atoms with van der Waals surface area (Å²) in [7, 11) is -3.45. The lowest BCUT2D eigenvalue weighted by Crippen LogP contribution is -2.13. The van der Waals surface area contributed by atoms with Crippen molar-refractivity contribution < 1.29 is 8.42 Å². The number of halogens is 4. The fourth-order valence-electron chi connectivity index (χ4n) is 0.822.